The van der Waals surface area contributed by atoms with Crippen LogP contribution in [0.2, 0.25) is 0 Å². The van der Waals surface area contributed by atoms with Gasteiger partial charge >= 0.3 is 0 Å². The zero-order valence-corrected chi connectivity index (χ0v) is 10.4. The highest BCUT2D eigenvalue weighted by molar-refractivity contribution is 5.76. The van der Waals surface area contributed by atoms with Crippen molar-refractivity contribution in [1.29, 1.82) is 0 Å². The van der Waals surface area contributed by atoms with Gasteiger partial charge in [0, 0.05) is 19.4 Å². The Hall–Kier alpha value is -1.52. The van der Waals surface area contributed by atoms with E-state index >= 15 is 0 Å². The number of amides is 1. The van der Waals surface area contributed by atoms with Gasteiger partial charge in [-0.25, -0.2) is 0 Å². The number of nitrogens with zero attached hydrogens (tertiary/aromatic N) is 2. The summed E-state index contributed by atoms with van der Waals surface area (Å²) in [7, 11) is 0. The number of carbonyl (C=O) groups is 1. The molecule has 1 aromatic heterocycles. The van der Waals surface area contributed by atoms with E-state index in [-0.39, 0.29) is 11.9 Å². The molecule has 2 N–H and O–H groups in total. The van der Waals surface area contributed by atoms with E-state index in [1.165, 1.54) is 0 Å². The Kier molecular flexibility index (Phi) is 3.36. The van der Waals surface area contributed by atoms with Crippen LogP contribution in [0.4, 0.5) is 6.01 Å². The molecular weight excluding hydrogens is 218 g/mol. The predicted octanol–water partition coefficient (Wildman–Crippen LogP) is 1.58. The molecule has 0 saturated carbocycles. The minimum absolute atomic E-state index is 0.200. The normalized spacial score (nSPS) is 15.1. The van der Waals surface area contributed by atoms with Gasteiger partial charge in [-0.1, -0.05) is 13.8 Å². The van der Waals surface area contributed by atoms with Crippen molar-refractivity contribution >= 4 is 11.9 Å². The van der Waals surface area contributed by atoms with Crippen LogP contribution in [0.3, 0.4) is 0 Å². The van der Waals surface area contributed by atoms with Crippen LogP contribution in [0.25, 0.3) is 0 Å². The van der Waals surface area contributed by atoms with Crippen molar-refractivity contribution in [2.45, 2.75) is 39.7 Å². The van der Waals surface area contributed by atoms with Crippen LogP contribution in [0.1, 0.15) is 38.1 Å². The molecule has 2 rings (SSSR count). The van der Waals surface area contributed by atoms with Gasteiger partial charge in [-0.3, -0.25) is 4.79 Å². The number of fused-ring (bicyclic) bond motifs is 1. The highest BCUT2D eigenvalue weighted by Crippen LogP contribution is 2.21. The average molecular weight is 237 g/mol. The molecule has 0 spiro atoms. The Balaban J connectivity index is 1.95. The minimum Gasteiger partial charge on any atom is -0.428 e. The van der Waals surface area contributed by atoms with Gasteiger partial charge in [0.2, 0.25) is 5.91 Å². The molecule has 0 atom stereocenters. The standard InChI is InChI=1S/C12H19N3O2/c1-8(2)3-4-11(16)15-6-5-10-9(7-15)14-12(13)17-10/h8H,3-7H2,1-2H3,(H2,13,14). The monoisotopic (exact) mass is 237 g/mol. The molecule has 94 valence electrons. The van der Waals surface area contributed by atoms with Gasteiger partial charge in [0.1, 0.15) is 11.5 Å². The number of oxazole rings is 1. The molecule has 0 aromatic carbocycles. The lowest BCUT2D eigenvalue weighted by molar-refractivity contribution is -0.132. The van der Waals surface area contributed by atoms with Gasteiger partial charge in [-0.05, 0) is 12.3 Å². The van der Waals surface area contributed by atoms with Gasteiger partial charge in [0.05, 0.1) is 6.54 Å². The summed E-state index contributed by atoms with van der Waals surface area (Å²) in [6.45, 7) is 5.49. The Bertz CT molecular complexity index is 412. The van der Waals surface area contributed by atoms with Crippen LogP contribution in [-0.2, 0) is 17.8 Å². The summed E-state index contributed by atoms with van der Waals surface area (Å²) >= 11 is 0. The number of nitrogens with two attached hydrogens (primary N) is 1. The smallest absolute Gasteiger partial charge is 0.292 e. The van der Waals surface area contributed by atoms with E-state index in [2.05, 4.69) is 18.8 Å². The molecule has 17 heavy (non-hydrogen) atoms. The maximum Gasteiger partial charge on any atom is 0.292 e. The SMILES string of the molecule is CC(C)CCC(=O)N1CCc2oc(N)nc2C1. The predicted molar refractivity (Wildman–Crippen MR) is 64.1 cm³/mol. The van der Waals surface area contributed by atoms with Crippen LogP contribution in [0, 0.1) is 5.92 Å². The van der Waals surface area contributed by atoms with Crippen LogP contribution in [0.15, 0.2) is 4.42 Å². The van der Waals surface area contributed by atoms with E-state index in [1.807, 2.05) is 4.90 Å². The summed E-state index contributed by atoms with van der Waals surface area (Å²) in [5, 5.41) is 0. The quantitative estimate of drug-likeness (QED) is 0.866. The van der Waals surface area contributed by atoms with Crippen molar-refractivity contribution in [3.63, 3.8) is 0 Å². The lowest BCUT2D eigenvalue weighted by atomic mass is 10.1. The van der Waals surface area contributed by atoms with Gasteiger partial charge < -0.3 is 15.1 Å². The minimum atomic E-state index is 0.200. The number of aromatic nitrogens is 1. The molecule has 0 bridgehead atoms. The van der Waals surface area contributed by atoms with Gasteiger partial charge in [-0.2, -0.15) is 4.98 Å². The van der Waals surface area contributed by atoms with Crippen molar-refractivity contribution < 1.29 is 9.21 Å². The molecule has 0 fully saturated rings. The van der Waals surface area contributed by atoms with Gasteiger partial charge in [-0.15, -0.1) is 0 Å². The average Bonchev–Trinajstić information content (AvgIpc) is 2.64. The van der Waals surface area contributed by atoms with E-state index in [4.69, 9.17) is 10.2 Å². The molecule has 0 radical (unpaired) electrons. The molecule has 1 aliphatic heterocycles. The molecule has 1 aliphatic rings. The molecule has 5 nitrogen and oxygen atoms in total. The maximum absolute atomic E-state index is 12.0. The second-order valence-corrected chi connectivity index (χ2v) is 4.92. The first-order valence-corrected chi connectivity index (χ1v) is 6.08. The van der Waals surface area contributed by atoms with Crippen LogP contribution in [0.5, 0.6) is 0 Å². The third-order valence-corrected chi connectivity index (χ3v) is 3.03. The Morgan fingerprint density at radius 1 is 1.59 bits per heavy atom. The van der Waals surface area contributed by atoms with E-state index in [0.29, 0.717) is 31.8 Å². The van der Waals surface area contributed by atoms with Crippen LogP contribution >= 0.6 is 0 Å². The van der Waals surface area contributed by atoms with E-state index < -0.39 is 0 Å². The maximum atomic E-state index is 12.0. The van der Waals surface area contributed by atoms with Crippen molar-refractivity contribution in [2.75, 3.05) is 12.3 Å². The number of hydrogen-bond acceptors (Lipinski definition) is 4. The number of hydrogen-bond donors (Lipinski definition) is 1. The lowest BCUT2D eigenvalue weighted by Gasteiger charge is -2.25. The first-order valence-electron chi connectivity index (χ1n) is 6.08. The highest BCUT2D eigenvalue weighted by Gasteiger charge is 2.24. The third kappa shape index (κ3) is 2.78. The summed E-state index contributed by atoms with van der Waals surface area (Å²) in [4.78, 5) is 17.9. The molecule has 5 heteroatoms. The first kappa shape index (κ1) is 12.0. The fraction of sp³-hybridized carbons (Fsp3) is 0.667. The second kappa shape index (κ2) is 4.77. The lowest BCUT2D eigenvalue weighted by Crippen LogP contribution is -2.35. The number of carbonyl (C=O) groups excluding carboxylic acids is 1. The van der Waals surface area contributed by atoms with Crippen molar-refractivity contribution in [2.24, 2.45) is 5.92 Å². The zero-order chi connectivity index (χ0) is 12.4. The largest absolute Gasteiger partial charge is 0.428 e. The Labute approximate surface area is 101 Å². The van der Waals surface area contributed by atoms with E-state index in [1.54, 1.807) is 0 Å². The molecular formula is C12H19N3O2. The van der Waals surface area contributed by atoms with Crippen molar-refractivity contribution in [1.82, 2.24) is 9.88 Å². The van der Waals surface area contributed by atoms with Crippen LogP contribution in [-0.4, -0.2) is 22.3 Å². The summed E-state index contributed by atoms with van der Waals surface area (Å²) in [5.74, 6) is 1.59. The first-order chi connectivity index (χ1) is 8.06. The number of rotatable bonds is 3. The fourth-order valence-corrected chi connectivity index (χ4v) is 2.00. The Morgan fingerprint density at radius 3 is 3.06 bits per heavy atom. The summed E-state index contributed by atoms with van der Waals surface area (Å²) in [6, 6.07) is 0.200. The highest BCUT2D eigenvalue weighted by atomic mass is 16.4. The fourth-order valence-electron chi connectivity index (χ4n) is 2.00. The third-order valence-electron chi connectivity index (χ3n) is 3.03. The Morgan fingerprint density at radius 2 is 2.35 bits per heavy atom. The molecule has 2 heterocycles. The molecule has 0 aliphatic carbocycles. The second-order valence-electron chi connectivity index (χ2n) is 4.92. The molecule has 0 unspecified atom stereocenters. The van der Waals surface area contributed by atoms with E-state index in [0.717, 1.165) is 17.9 Å². The topological polar surface area (TPSA) is 72.4 Å². The summed E-state index contributed by atoms with van der Waals surface area (Å²) < 4.78 is 5.26. The van der Waals surface area contributed by atoms with Crippen LogP contribution < -0.4 is 5.73 Å². The van der Waals surface area contributed by atoms with Gasteiger partial charge in [0.25, 0.3) is 6.01 Å². The number of anilines is 1. The van der Waals surface area contributed by atoms with Crippen molar-refractivity contribution in [3.8, 4) is 0 Å². The van der Waals surface area contributed by atoms with Crippen molar-refractivity contribution in [3.05, 3.63) is 11.5 Å². The summed E-state index contributed by atoms with van der Waals surface area (Å²) in [6.07, 6.45) is 2.26. The van der Waals surface area contributed by atoms with E-state index in [9.17, 15) is 4.79 Å². The van der Waals surface area contributed by atoms with Gasteiger partial charge in [0.15, 0.2) is 0 Å². The molecule has 0 saturated heterocycles. The molecule has 1 amide bonds. The number of nitrogen functional groups attached to an aromatic ring is 1. The molecule has 1 aromatic rings. The zero-order valence-electron chi connectivity index (χ0n) is 10.4. The summed E-state index contributed by atoms with van der Waals surface area (Å²) in [5.41, 5.74) is 6.31.